The molecule has 0 N–H and O–H groups in total. The zero-order valence-corrected chi connectivity index (χ0v) is 13.1. The van der Waals surface area contributed by atoms with Gasteiger partial charge in [0, 0.05) is 13.2 Å². The molecule has 0 saturated carbocycles. The maximum atomic E-state index is 12.7. The number of halogens is 1. The van der Waals surface area contributed by atoms with Crippen molar-refractivity contribution in [1.29, 1.82) is 0 Å². The zero-order valence-electron chi connectivity index (χ0n) is 11.6. The third-order valence-corrected chi connectivity index (χ3v) is 4.14. The predicted octanol–water partition coefficient (Wildman–Crippen LogP) is 2.91. The van der Waals surface area contributed by atoms with Crippen molar-refractivity contribution in [3.8, 4) is 0 Å². The molecule has 1 amide bonds. The van der Waals surface area contributed by atoms with Crippen molar-refractivity contribution in [2.45, 2.75) is 5.16 Å². The van der Waals surface area contributed by atoms with E-state index in [-0.39, 0.29) is 5.91 Å². The topological polar surface area (TPSA) is 49.3 Å². The summed E-state index contributed by atoms with van der Waals surface area (Å²) in [7, 11) is 1.90. The summed E-state index contributed by atoms with van der Waals surface area (Å²) in [6.07, 6.45) is 3.48. The SMILES string of the molecule is CSc1ncc2c(n1)N(C)CN(c1ccccc1Cl)C2=O. The van der Waals surface area contributed by atoms with E-state index in [4.69, 9.17) is 11.6 Å². The van der Waals surface area contributed by atoms with Crippen molar-refractivity contribution in [3.05, 3.63) is 41.0 Å². The number of hydrogen-bond acceptors (Lipinski definition) is 5. The average Bonchev–Trinajstić information content (AvgIpc) is 2.51. The fourth-order valence-electron chi connectivity index (χ4n) is 2.24. The fourth-order valence-corrected chi connectivity index (χ4v) is 2.82. The summed E-state index contributed by atoms with van der Waals surface area (Å²) in [6.45, 7) is 0.403. The zero-order chi connectivity index (χ0) is 15.0. The van der Waals surface area contributed by atoms with E-state index in [9.17, 15) is 4.79 Å². The van der Waals surface area contributed by atoms with Crippen molar-refractivity contribution in [3.63, 3.8) is 0 Å². The van der Waals surface area contributed by atoms with Crippen LogP contribution in [0.5, 0.6) is 0 Å². The number of fused-ring (bicyclic) bond motifs is 1. The first-order valence-corrected chi connectivity index (χ1v) is 7.90. The molecule has 1 aliphatic rings. The second kappa shape index (κ2) is 5.54. The van der Waals surface area contributed by atoms with Gasteiger partial charge in [-0.3, -0.25) is 9.69 Å². The van der Waals surface area contributed by atoms with Crippen LogP contribution in [-0.4, -0.2) is 35.8 Å². The number of thioether (sulfide) groups is 1. The highest BCUT2D eigenvalue weighted by atomic mass is 35.5. The number of carbonyl (C=O) groups excluding carboxylic acids is 1. The molecule has 1 aromatic carbocycles. The molecule has 1 aliphatic heterocycles. The van der Waals surface area contributed by atoms with Crippen molar-refractivity contribution >= 4 is 40.8 Å². The van der Waals surface area contributed by atoms with Gasteiger partial charge in [-0.25, -0.2) is 9.97 Å². The Morgan fingerprint density at radius 3 is 2.81 bits per heavy atom. The minimum atomic E-state index is -0.135. The lowest BCUT2D eigenvalue weighted by Crippen LogP contribution is -2.46. The third-order valence-electron chi connectivity index (χ3n) is 3.26. The standard InChI is InChI=1S/C14H13ClN4OS/c1-18-8-19(11-6-4-3-5-10(11)15)13(20)9-7-16-14(21-2)17-12(9)18/h3-7H,8H2,1-2H3. The van der Waals surface area contributed by atoms with E-state index in [1.807, 2.05) is 36.4 Å². The summed E-state index contributed by atoms with van der Waals surface area (Å²) < 4.78 is 0. The number of anilines is 2. The summed E-state index contributed by atoms with van der Waals surface area (Å²) in [5, 5.41) is 1.20. The molecule has 2 aromatic rings. The molecular formula is C14H13ClN4OS. The monoisotopic (exact) mass is 320 g/mol. The van der Waals surface area contributed by atoms with Crippen LogP contribution in [-0.2, 0) is 0 Å². The van der Waals surface area contributed by atoms with Gasteiger partial charge in [0.25, 0.3) is 5.91 Å². The van der Waals surface area contributed by atoms with Gasteiger partial charge in [0.2, 0.25) is 0 Å². The lowest BCUT2D eigenvalue weighted by atomic mass is 10.2. The Labute approximate surface area is 131 Å². The Bertz CT molecular complexity index is 709. The molecule has 108 valence electrons. The summed E-state index contributed by atoms with van der Waals surface area (Å²) in [5.74, 6) is 0.520. The molecule has 7 heteroatoms. The van der Waals surface area contributed by atoms with Crippen LogP contribution in [0, 0.1) is 0 Å². The van der Waals surface area contributed by atoms with Gasteiger partial charge >= 0.3 is 0 Å². The molecule has 0 atom stereocenters. The Hall–Kier alpha value is -1.79. The number of benzene rings is 1. The maximum Gasteiger partial charge on any atom is 0.265 e. The molecule has 0 spiro atoms. The number of rotatable bonds is 2. The van der Waals surface area contributed by atoms with E-state index in [0.29, 0.717) is 33.9 Å². The lowest BCUT2D eigenvalue weighted by Gasteiger charge is -2.35. The van der Waals surface area contributed by atoms with Gasteiger partial charge in [-0.05, 0) is 18.4 Å². The second-order valence-electron chi connectivity index (χ2n) is 4.62. The summed E-state index contributed by atoms with van der Waals surface area (Å²) in [4.78, 5) is 24.8. The van der Waals surface area contributed by atoms with Gasteiger partial charge in [0.1, 0.15) is 11.4 Å². The molecule has 3 rings (SSSR count). The Morgan fingerprint density at radius 2 is 2.10 bits per heavy atom. The van der Waals surface area contributed by atoms with Crippen LogP contribution in [0.3, 0.4) is 0 Å². The molecular weight excluding hydrogens is 308 g/mol. The second-order valence-corrected chi connectivity index (χ2v) is 5.80. The molecule has 0 radical (unpaired) electrons. The lowest BCUT2D eigenvalue weighted by molar-refractivity contribution is 0.0981. The first-order chi connectivity index (χ1) is 10.1. The van der Waals surface area contributed by atoms with E-state index in [1.165, 1.54) is 11.8 Å². The van der Waals surface area contributed by atoms with Crippen LogP contribution in [0.15, 0.2) is 35.6 Å². The van der Waals surface area contributed by atoms with Gasteiger partial charge in [0.05, 0.1) is 17.4 Å². The van der Waals surface area contributed by atoms with Gasteiger partial charge in [-0.1, -0.05) is 35.5 Å². The van der Waals surface area contributed by atoms with Crippen LogP contribution in [0.4, 0.5) is 11.5 Å². The normalized spacial score (nSPS) is 14.3. The van der Waals surface area contributed by atoms with Crippen molar-refractivity contribution in [2.75, 3.05) is 29.8 Å². The molecule has 1 aromatic heterocycles. The van der Waals surface area contributed by atoms with Crippen LogP contribution in [0.2, 0.25) is 5.02 Å². The summed E-state index contributed by atoms with van der Waals surface area (Å²) >= 11 is 7.65. The molecule has 5 nitrogen and oxygen atoms in total. The molecule has 0 aliphatic carbocycles. The van der Waals surface area contributed by atoms with Crippen molar-refractivity contribution < 1.29 is 4.79 Å². The molecule has 0 unspecified atom stereocenters. The average molecular weight is 321 g/mol. The minimum absolute atomic E-state index is 0.135. The minimum Gasteiger partial charge on any atom is -0.341 e. The largest absolute Gasteiger partial charge is 0.341 e. The van der Waals surface area contributed by atoms with E-state index in [2.05, 4.69) is 9.97 Å². The van der Waals surface area contributed by atoms with Gasteiger partial charge in [-0.15, -0.1) is 0 Å². The van der Waals surface area contributed by atoms with E-state index >= 15 is 0 Å². The van der Waals surface area contributed by atoms with Gasteiger partial charge < -0.3 is 4.90 Å². The van der Waals surface area contributed by atoms with E-state index < -0.39 is 0 Å². The Kier molecular flexibility index (Phi) is 3.73. The number of para-hydroxylation sites is 1. The first-order valence-electron chi connectivity index (χ1n) is 6.30. The number of amides is 1. The third kappa shape index (κ3) is 2.45. The Balaban J connectivity index is 2.06. The number of aromatic nitrogens is 2. The number of nitrogens with zero attached hydrogens (tertiary/aromatic N) is 4. The molecule has 0 fully saturated rings. The van der Waals surface area contributed by atoms with Crippen LogP contribution >= 0.6 is 23.4 Å². The molecule has 0 saturated heterocycles. The van der Waals surface area contributed by atoms with E-state index in [0.717, 1.165) is 0 Å². The molecule has 0 bridgehead atoms. The molecule has 21 heavy (non-hydrogen) atoms. The highest BCUT2D eigenvalue weighted by molar-refractivity contribution is 7.98. The van der Waals surface area contributed by atoms with Gasteiger partial charge in [0.15, 0.2) is 5.16 Å². The van der Waals surface area contributed by atoms with Crippen LogP contribution in [0.25, 0.3) is 0 Å². The maximum absolute atomic E-state index is 12.7. The van der Waals surface area contributed by atoms with Crippen molar-refractivity contribution in [2.24, 2.45) is 0 Å². The fraction of sp³-hybridized carbons (Fsp3) is 0.214. The Morgan fingerprint density at radius 1 is 1.33 bits per heavy atom. The van der Waals surface area contributed by atoms with Crippen LogP contribution < -0.4 is 9.80 Å². The van der Waals surface area contributed by atoms with E-state index in [1.54, 1.807) is 17.2 Å². The first kappa shape index (κ1) is 14.2. The number of carbonyl (C=O) groups is 1. The smallest absolute Gasteiger partial charge is 0.265 e. The molecule has 2 heterocycles. The van der Waals surface area contributed by atoms with Crippen molar-refractivity contribution in [1.82, 2.24) is 9.97 Å². The summed E-state index contributed by atoms with van der Waals surface area (Å²) in [6, 6.07) is 7.30. The quantitative estimate of drug-likeness (QED) is 0.629. The van der Waals surface area contributed by atoms with Gasteiger partial charge in [-0.2, -0.15) is 0 Å². The highest BCUT2D eigenvalue weighted by Gasteiger charge is 2.31. The summed E-state index contributed by atoms with van der Waals surface area (Å²) in [5.41, 5.74) is 1.18. The predicted molar refractivity (Wildman–Crippen MR) is 85.3 cm³/mol. The highest BCUT2D eigenvalue weighted by Crippen LogP contribution is 2.32. The van der Waals surface area contributed by atoms with Crippen LogP contribution in [0.1, 0.15) is 10.4 Å². The number of hydrogen-bond donors (Lipinski definition) is 0.